The third-order valence-corrected chi connectivity index (χ3v) is 5.30. The van der Waals surface area contributed by atoms with Gasteiger partial charge in [-0.2, -0.15) is 0 Å². The van der Waals surface area contributed by atoms with Gasteiger partial charge in [-0.25, -0.2) is 0 Å². The van der Waals surface area contributed by atoms with Crippen LogP contribution < -0.4 is 11.1 Å². The second kappa shape index (κ2) is 5.07. The van der Waals surface area contributed by atoms with E-state index in [2.05, 4.69) is 21.2 Å². The predicted octanol–water partition coefficient (Wildman–Crippen LogP) is 2.84. The van der Waals surface area contributed by atoms with Crippen LogP contribution in [0, 0.1) is 0 Å². The largest absolute Gasteiger partial charge is 0.352 e. The Kier molecular flexibility index (Phi) is 3.43. The van der Waals surface area contributed by atoms with Crippen LogP contribution in [-0.2, 0) is 6.42 Å². The molecule has 0 saturated heterocycles. The number of hydrogen-bond acceptors (Lipinski definition) is 3. The van der Waals surface area contributed by atoms with E-state index in [4.69, 9.17) is 5.73 Å². The highest BCUT2D eigenvalue weighted by molar-refractivity contribution is 9.10. The summed E-state index contributed by atoms with van der Waals surface area (Å²) in [6.45, 7) is 0.716. The molecule has 19 heavy (non-hydrogen) atoms. The monoisotopic (exact) mass is 336 g/mol. The molecule has 3 rings (SSSR count). The fourth-order valence-corrected chi connectivity index (χ4v) is 3.95. The number of amides is 1. The zero-order valence-electron chi connectivity index (χ0n) is 10.2. The average molecular weight is 337 g/mol. The molecule has 1 aromatic heterocycles. The lowest BCUT2D eigenvalue weighted by Crippen LogP contribution is -2.32. The molecule has 2 aromatic rings. The van der Waals surface area contributed by atoms with Crippen molar-refractivity contribution < 1.29 is 4.79 Å². The Morgan fingerprint density at radius 3 is 2.95 bits per heavy atom. The summed E-state index contributed by atoms with van der Waals surface area (Å²) in [5.74, 6) is 0.000505. The van der Waals surface area contributed by atoms with Crippen LogP contribution in [0.2, 0.25) is 0 Å². The molecule has 3 N–H and O–H groups in total. The highest BCUT2D eigenvalue weighted by Gasteiger charge is 2.20. The van der Waals surface area contributed by atoms with Crippen LogP contribution in [0.25, 0.3) is 0 Å². The van der Waals surface area contributed by atoms with E-state index < -0.39 is 0 Å². The Morgan fingerprint density at radius 1 is 1.37 bits per heavy atom. The van der Waals surface area contributed by atoms with E-state index in [9.17, 15) is 4.79 Å². The fourth-order valence-electron chi connectivity index (χ4n) is 2.30. The van der Waals surface area contributed by atoms with Crippen LogP contribution in [0.4, 0.5) is 0 Å². The van der Waals surface area contributed by atoms with Crippen LogP contribution in [0.1, 0.15) is 32.4 Å². The number of halogens is 1. The molecular weight excluding hydrogens is 324 g/mol. The molecule has 0 aliphatic carbocycles. The molecule has 5 heteroatoms. The van der Waals surface area contributed by atoms with Gasteiger partial charge in [0, 0.05) is 21.5 Å². The van der Waals surface area contributed by atoms with Gasteiger partial charge in [0.05, 0.1) is 6.04 Å². The Hall–Kier alpha value is -1.17. The second-order valence-corrected chi connectivity index (χ2v) is 6.33. The number of benzene rings is 1. The van der Waals surface area contributed by atoms with Crippen molar-refractivity contribution in [3.63, 3.8) is 0 Å². The smallest absolute Gasteiger partial charge is 0.251 e. The Bertz CT molecular complexity index is 638. The summed E-state index contributed by atoms with van der Waals surface area (Å²) in [4.78, 5) is 12.9. The molecule has 1 amide bonds. The summed E-state index contributed by atoms with van der Waals surface area (Å²) in [5, 5.41) is 4.87. The number of rotatable bonds is 2. The lowest BCUT2D eigenvalue weighted by molar-refractivity contribution is 0.0946. The summed E-state index contributed by atoms with van der Waals surface area (Å²) in [6.07, 6.45) is 0.888. The van der Waals surface area contributed by atoms with Crippen LogP contribution in [0.3, 0.4) is 0 Å². The summed E-state index contributed by atoms with van der Waals surface area (Å²) in [7, 11) is 0. The van der Waals surface area contributed by atoms with Crippen LogP contribution in [0.15, 0.2) is 34.1 Å². The van der Waals surface area contributed by atoms with Gasteiger partial charge in [0.15, 0.2) is 0 Å². The predicted molar refractivity (Wildman–Crippen MR) is 80.5 cm³/mol. The molecule has 1 aromatic carbocycles. The molecular formula is C14H13BrN2OS. The van der Waals surface area contributed by atoms with Gasteiger partial charge in [-0.1, -0.05) is 12.1 Å². The van der Waals surface area contributed by atoms with Crippen molar-refractivity contribution in [3.05, 3.63) is 55.7 Å². The first-order valence-corrected chi connectivity index (χ1v) is 7.73. The topological polar surface area (TPSA) is 55.1 Å². The maximum Gasteiger partial charge on any atom is 0.251 e. The number of hydrogen-bond donors (Lipinski definition) is 2. The Morgan fingerprint density at radius 2 is 2.21 bits per heavy atom. The van der Waals surface area contributed by atoms with Gasteiger partial charge in [0.25, 0.3) is 5.91 Å². The van der Waals surface area contributed by atoms with Crippen molar-refractivity contribution in [1.29, 1.82) is 0 Å². The molecule has 0 radical (unpaired) electrons. The van der Waals surface area contributed by atoms with Crippen molar-refractivity contribution in [3.8, 4) is 0 Å². The first kappa shape index (κ1) is 12.8. The molecule has 0 fully saturated rings. The Labute approximate surface area is 124 Å². The van der Waals surface area contributed by atoms with Crippen molar-refractivity contribution in [2.24, 2.45) is 5.73 Å². The number of nitrogens with one attached hydrogen (secondary N) is 1. The number of carbonyl (C=O) groups is 1. The van der Waals surface area contributed by atoms with Crippen molar-refractivity contribution >= 4 is 33.2 Å². The fraction of sp³-hybridized carbons (Fsp3) is 0.214. The van der Waals surface area contributed by atoms with E-state index in [0.717, 1.165) is 32.5 Å². The van der Waals surface area contributed by atoms with Gasteiger partial charge < -0.3 is 11.1 Å². The molecule has 1 aliphatic rings. The zero-order valence-corrected chi connectivity index (χ0v) is 12.6. The highest BCUT2D eigenvalue weighted by Crippen LogP contribution is 2.32. The molecule has 1 atom stereocenters. The first-order valence-electron chi connectivity index (χ1n) is 6.06. The number of fused-ring (bicyclic) bond motifs is 1. The zero-order chi connectivity index (χ0) is 13.4. The number of nitrogens with two attached hydrogens (primary N) is 1. The van der Waals surface area contributed by atoms with E-state index in [1.54, 1.807) is 11.3 Å². The molecule has 0 bridgehead atoms. The SMILES string of the molecule is NC(c1ccc2c(c1)C(=O)NCC2)c1sccc1Br. The maximum atomic E-state index is 11.9. The number of thiophene rings is 1. The maximum absolute atomic E-state index is 11.9. The molecule has 2 heterocycles. The minimum absolute atomic E-state index is 0.000505. The average Bonchev–Trinajstić information content (AvgIpc) is 2.84. The summed E-state index contributed by atoms with van der Waals surface area (Å²) < 4.78 is 1.02. The van der Waals surface area contributed by atoms with Gasteiger partial charge in [-0.3, -0.25) is 4.79 Å². The molecule has 1 aliphatic heterocycles. The second-order valence-electron chi connectivity index (χ2n) is 4.53. The Balaban J connectivity index is 2.00. The summed E-state index contributed by atoms with van der Waals surface area (Å²) in [5.41, 5.74) is 9.12. The molecule has 3 nitrogen and oxygen atoms in total. The van der Waals surface area contributed by atoms with Crippen molar-refractivity contribution in [2.45, 2.75) is 12.5 Å². The first-order chi connectivity index (χ1) is 9.16. The number of carbonyl (C=O) groups excluding carboxylic acids is 1. The van der Waals surface area contributed by atoms with Gasteiger partial charge in [-0.15, -0.1) is 11.3 Å². The van der Waals surface area contributed by atoms with Crippen LogP contribution >= 0.6 is 27.3 Å². The minimum Gasteiger partial charge on any atom is -0.352 e. The highest BCUT2D eigenvalue weighted by atomic mass is 79.9. The molecule has 1 unspecified atom stereocenters. The van der Waals surface area contributed by atoms with E-state index in [0.29, 0.717) is 6.54 Å². The lowest BCUT2D eigenvalue weighted by Gasteiger charge is -2.19. The normalized spacial score (nSPS) is 15.8. The van der Waals surface area contributed by atoms with E-state index in [1.807, 2.05) is 29.6 Å². The van der Waals surface area contributed by atoms with Crippen LogP contribution in [0.5, 0.6) is 0 Å². The quantitative estimate of drug-likeness (QED) is 0.885. The summed E-state index contributed by atoms with van der Waals surface area (Å²) in [6, 6.07) is 7.75. The standard InChI is InChI=1S/C14H13BrN2OS/c15-11-4-6-19-13(11)12(16)9-2-1-8-3-5-17-14(18)10(8)7-9/h1-2,4,6-7,12H,3,5,16H2,(H,17,18). The lowest BCUT2D eigenvalue weighted by atomic mass is 9.95. The molecule has 98 valence electrons. The summed E-state index contributed by atoms with van der Waals surface area (Å²) >= 11 is 5.12. The van der Waals surface area contributed by atoms with Gasteiger partial charge in [-0.05, 0) is 51.0 Å². The van der Waals surface area contributed by atoms with Crippen molar-refractivity contribution in [2.75, 3.05) is 6.54 Å². The van der Waals surface area contributed by atoms with Crippen LogP contribution in [-0.4, -0.2) is 12.5 Å². The van der Waals surface area contributed by atoms with E-state index in [-0.39, 0.29) is 11.9 Å². The third-order valence-electron chi connectivity index (χ3n) is 3.34. The van der Waals surface area contributed by atoms with Gasteiger partial charge in [0.2, 0.25) is 0 Å². The third kappa shape index (κ3) is 2.33. The van der Waals surface area contributed by atoms with Gasteiger partial charge in [0.1, 0.15) is 0 Å². The minimum atomic E-state index is -0.200. The van der Waals surface area contributed by atoms with E-state index >= 15 is 0 Å². The molecule has 0 saturated carbocycles. The molecule has 0 spiro atoms. The van der Waals surface area contributed by atoms with E-state index in [1.165, 1.54) is 0 Å². The van der Waals surface area contributed by atoms with Crippen molar-refractivity contribution in [1.82, 2.24) is 5.32 Å². The van der Waals surface area contributed by atoms with Gasteiger partial charge >= 0.3 is 0 Å².